The Hall–Kier alpha value is -0.830. The first-order valence-electron chi connectivity index (χ1n) is 4.68. The summed E-state index contributed by atoms with van der Waals surface area (Å²) >= 11 is 3.61. The summed E-state index contributed by atoms with van der Waals surface area (Å²) in [5.41, 5.74) is 2.51. The van der Waals surface area contributed by atoms with Crippen LogP contribution >= 0.6 is 15.9 Å². The van der Waals surface area contributed by atoms with Gasteiger partial charge in [0, 0.05) is 6.92 Å². The lowest BCUT2D eigenvalue weighted by molar-refractivity contribution is -0.119. The number of amides is 1. The van der Waals surface area contributed by atoms with E-state index in [-0.39, 0.29) is 10.4 Å². The third-order valence-electron chi connectivity index (χ3n) is 2.56. The molecule has 1 atom stereocenters. The van der Waals surface area contributed by atoms with E-state index in [9.17, 15) is 4.79 Å². The van der Waals surface area contributed by atoms with Gasteiger partial charge in [-0.05, 0) is 24.0 Å². The highest BCUT2D eigenvalue weighted by Gasteiger charge is 2.36. The Labute approximate surface area is 91.8 Å². The molecule has 0 saturated carbocycles. The van der Waals surface area contributed by atoms with E-state index < -0.39 is 0 Å². The van der Waals surface area contributed by atoms with Gasteiger partial charge < -0.3 is 5.32 Å². The number of hydrogen-bond donors (Lipinski definition) is 1. The Morgan fingerprint density at radius 1 is 1.50 bits per heavy atom. The molecule has 0 radical (unpaired) electrons. The van der Waals surface area contributed by atoms with Crippen molar-refractivity contribution < 1.29 is 4.79 Å². The number of fused-ring (bicyclic) bond motifs is 1. The number of nitrogens with one attached hydrogen (secondary N) is 1. The Kier molecular flexibility index (Phi) is 2.35. The van der Waals surface area contributed by atoms with Gasteiger partial charge in [0.2, 0.25) is 5.91 Å². The van der Waals surface area contributed by atoms with Crippen molar-refractivity contribution in [3.05, 3.63) is 35.4 Å². The molecule has 0 heterocycles. The summed E-state index contributed by atoms with van der Waals surface area (Å²) in [4.78, 5) is 11.1. The monoisotopic (exact) mass is 253 g/mol. The van der Waals surface area contributed by atoms with Gasteiger partial charge in [-0.3, -0.25) is 4.79 Å². The summed E-state index contributed by atoms with van der Waals surface area (Å²) in [7, 11) is 0. The van der Waals surface area contributed by atoms with Crippen LogP contribution in [0.2, 0.25) is 0 Å². The summed E-state index contributed by atoms with van der Waals surface area (Å²) < 4.78 is -0.338. The molecular weight excluding hydrogens is 242 g/mol. The van der Waals surface area contributed by atoms with Gasteiger partial charge in [-0.1, -0.05) is 40.2 Å². The molecule has 0 aliphatic heterocycles. The Balaban J connectivity index is 2.37. The number of carbonyl (C=O) groups excluding carboxylic acids is 1. The van der Waals surface area contributed by atoms with Crippen molar-refractivity contribution in [2.75, 3.05) is 0 Å². The molecule has 1 unspecified atom stereocenters. The third-order valence-corrected chi connectivity index (χ3v) is 3.58. The van der Waals surface area contributed by atoms with E-state index in [1.165, 1.54) is 11.1 Å². The van der Waals surface area contributed by atoms with Gasteiger partial charge in [0.05, 0.1) is 0 Å². The zero-order valence-corrected chi connectivity index (χ0v) is 9.60. The van der Waals surface area contributed by atoms with E-state index in [2.05, 4.69) is 33.4 Å². The quantitative estimate of drug-likeness (QED) is 0.604. The molecule has 3 heteroatoms. The zero-order valence-electron chi connectivity index (χ0n) is 8.01. The molecule has 0 fully saturated rings. The lowest BCUT2D eigenvalue weighted by atomic mass is 10.1. The second kappa shape index (κ2) is 3.39. The van der Waals surface area contributed by atoms with Crippen molar-refractivity contribution in [1.29, 1.82) is 0 Å². The van der Waals surface area contributed by atoms with E-state index in [1.807, 2.05) is 12.1 Å². The van der Waals surface area contributed by atoms with E-state index in [0.717, 1.165) is 12.8 Å². The molecule has 0 spiro atoms. The minimum atomic E-state index is -0.338. The summed E-state index contributed by atoms with van der Waals surface area (Å²) in [6.07, 6.45) is 1.94. The van der Waals surface area contributed by atoms with Gasteiger partial charge in [-0.15, -0.1) is 0 Å². The van der Waals surface area contributed by atoms with Gasteiger partial charge in [0.25, 0.3) is 0 Å². The molecule has 1 aromatic rings. The second-order valence-corrected chi connectivity index (χ2v) is 4.99. The van der Waals surface area contributed by atoms with Crippen molar-refractivity contribution in [1.82, 2.24) is 5.32 Å². The topological polar surface area (TPSA) is 29.1 Å². The predicted molar refractivity (Wildman–Crippen MR) is 59.2 cm³/mol. The summed E-state index contributed by atoms with van der Waals surface area (Å²) in [5.74, 6) is -0.00132. The molecule has 74 valence electrons. The molecule has 1 N–H and O–H groups in total. The summed E-state index contributed by atoms with van der Waals surface area (Å²) in [6, 6.07) is 8.21. The number of rotatable bonds is 1. The van der Waals surface area contributed by atoms with E-state index in [0.29, 0.717) is 0 Å². The molecule has 1 aliphatic rings. The van der Waals surface area contributed by atoms with Gasteiger partial charge >= 0.3 is 0 Å². The van der Waals surface area contributed by atoms with E-state index >= 15 is 0 Å². The molecule has 14 heavy (non-hydrogen) atoms. The fourth-order valence-corrected chi connectivity index (χ4v) is 2.84. The maximum atomic E-state index is 11.1. The van der Waals surface area contributed by atoms with Gasteiger partial charge in [0.15, 0.2) is 0 Å². The minimum Gasteiger partial charge on any atom is -0.337 e. The molecule has 0 saturated heterocycles. The van der Waals surface area contributed by atoms with Crippen LogP contribution in [0.5, 0.6) is 0 Å². The summed E-state index contributed by atoms with van der Waals surface area (Å²) in [6.45, 7) is 1.55. The fraction of sp³-hybridized carbons (Fsp3) is 0.364. The molecule has 1 aliphatic carbocycles. The lowest BCUT2D eigenvalue weighted by Crippen LogP contribution is -2.37. The number of alkyl halides is 1. The average molecular weight is 254 g/mol. The van der Waals surface area contributed by atoms with Gasteiger partial charge in [-0.2, -0.15) is 0 Å². The lowest BCUT2D eigenvalue weighted by Gasteiger charge is -2.23. The number of benzene rings is 1. The maximum absolute atomic E-state index is 11.1. The van der Waals surface area contributed by atoms with Crippen LogP contribution in [0.15, 0.2) is 24.3 Å². The van der Waals surface area contributed by atoms with Crippen LogP contribution in [0.1, 0.15) is 24.5 Å². The first kappa shape index (κ1) is 9.71. The van der Waals surface area contributed by atoms with Crippen LogP contribution in [-0.4, -0.2) is 5.91 Å². The Bertz CT molecular complexity index is 377. The number of hydrogen-bond acceptors (Lipinski definition) is 1. The SMILES string of the molecule is CC(=O)NC1(Br)CCc2ccccc21. The van der Waals surface area contributed by atoms with Crippen molar-refractivity contribution in [2.45, 2.75) is 24.2 Å². The molecule has 0 aromatic heterocycles. The Morgan fingerprint density at radius 2 is 2.21 bits per heavy atom. The van der Waals surface area contributed by atoms with Crippen LogP contribution in [0.4, 0.5) is 0 Å². The normalized spacial score (nSPS) is 24.4. The van der Waals surface area contributed by atoms with Crippen LogP contribution in [0.3, 0.4) is 0 Å². The van der Waals surface area contributed by atoms with Crippen molar-refractivity contribution in [2.24, 2.45) is 0 Å². The molecule has 0 bridgehead atoms. The van der Waals surface area contributed by atoms with Crippen molar-refractivity contribution >= 4 is 21.8 Å². The Morgan fingerprint density at radius 3 is 2.93 bits per heavy atom. The highest BCUT2D eigenvalue weighted by atomic mass is 79.9. The number of halogens is 1. The van der Waals surface area contributed by atoms with E-state index in [1.54, 1.807) is 6.92 Å². The van der Waals surface area contributed by atoms with Crippen LogP contribution in [0.25, 0.3) is 0 Å². The molecule has 2 rings (SSSR count). The average Bonchev–Trinajstić information content (AvgIpc) is 2.44. The van der Waals surface area contributed by atoms with Gasteiger partial charge in [0.1, 0.15) is 4.45 Å². The fourth-order valence-electron chi connectivity index (χ4n) is 1.98. The third kappa shape index (κ3) is 1.57. The number of carbonyl (C=O) groups is 1. The van der Waals surface area contributed by atoms with Crippen LogP contribution in [0, 0.1) is 0 Å². The largest absolute Gasteiger partial charge is 0.337 e. The van der Waals surface area contributed by atoms with Crippen LogP contribution in [-0.2, 0) is 15.7 Å². The second-order valence-electron chi connectivity index (χ2n) is 3.64. The minimum absolute atomic E-state index is 0.00132. The zero-order chi connectivity index (χ0) is 10.2. The molecule has 2 nitrogen and oxygen atoms in total. The highest BCUT2D eigenvalue weighted by Crippen LogP contribution is 2.41. The molecule has 1 amide bonds. The molecular formula is C11H12BrNO. The van der Waals surface area contributed by atoms with Crippen molar-refractivity contribution in [3.63, 3.8) is 0 Å². The van der Waals surface area contributed by atoms with E-state index in [4.69, 9.17) is 0 Å². The van der Waals surface area contributed by atoms with Crippen LogP contribution < -0.4 is 5.32 Å². The van der Waals surface area contributed by atoms with Gasteiger partial charge in [-0.25, -0.2) is 0 Å². The first-order valence-corrected chi connectivity index (χ1v) is 5.47. The predicted octanol–water partition coefficient (Wildman–Crippen LogP) is 2.32. The van der Waals surface area contributed by atoms with Crippen molar-refractivity contribution in [3.8, 4) is 0 Å². The highest BCUT2D eigenvalue weighted by molar-refractivity contribution is 9.09. The standard InChI is InChI=1S/C11H12BrNO/c1-8(14)13-11(12)7-6-9-4-2-3-5-10(9)11/h2-5H,6-7H2,1H3,(H,13,14). The number of aryl methyl sites for hydroxylation is 1. The smallest absolute Gasteiger partial charge is 0.218 e. The summed E-state index contributed by atoms with van der Waals surface area (Å²) in [5, 5.41) is 2.95. The molecule has 1 aromatic carbocycles. The first-order chi connectivity index (χ1) is 6.62. The maximum Gasteiger partial charge on any atom is 0.218 e.